The highest BCUT2D eigenvalue weighted by molar-refractivity contribution is 9.10. The summed E-state index contributed by atoms with van der Waals surface area (Å²) in [6.07, 6.45) is 0. The molecule has 1 N–H and O–H groups in total. The zero-order valence-electron chi connectivity index (χ0n) is 11.9. The van der Waals surface area contributed by atoms with Crippen molar-refractivity contribution in [1.29, 1.82) is 0 Å². The Bertz CT molecular complexity index is 580. The van der Waals surface area contributed by atoms with E-state index in [4.69, 9.17) is 0 Å². The van der Waals surface area contributed by atoms with Gasteiger partial charge in [-0.05, 0) is 42.8 Å². The Kier molecular flexibility index (Phi) is 5.35. The fraction of sp³-hybridized carbons (Fsp3) is 0.375. The molecular formula is C16H19BrFNS. The first-order valence-corrected chi connectivity index (χ1v) is 8.42. The van der Waals surface area contributed by atoms with Crippen LogP contribution in [0.25, 0.3) is 10.4 Å². The van der Waals surface area contributed by atoms with Crippen molar-refractivity contribution in [2.24, 2.45) is 5.92 Å². The van der Waals surface area contributed by atoms with E-state index >= 15 is 0 Å². The van der Waals surface area contributed by atoms with Crippen LogP contribution in [0.1, 0.15) is 31.7 Å². The maximum absolute atomic E-state index is 13.9. The minimum atomic E-state index is -0.175. The molecule has 0 aliphatic heterocycles. The van der Waals surface area contributed by atoms with Gasteiger partial charge in [0.25, 0.3) is 0 Å². The topological polar surface area (TPSA) is 12.0 Å². The number of hydrogen-bond donors (Lipinski definition) is 1. The average Bonchev–Trinajstić information content (AvgIpc) is 2.87. The van der Waals surface area contributed by atoms with E-state index in [0.29, 0.717) is 17.5 Å². The van der Waals surface area contributed by atoms with E-state index in [9.17, 15) is 4.39 Å². The molecule has 20 heavy (non-hydrogen) atoms. The molecule has 0 radical (unpaired) electrons. The minimum absolute atomic E-state index is 0.175. The molecule has 0 bridgehead atoms. The van der Waals surface area contributed by atoms with Crippen LogP contribution in [0.2, 0.25) is 0 Å². The number of nitrogens with one attached hydrogen (secondary N) is 1. The molecule has 0 fully saturated rings. The first-order valence-electron chi connectivity index (χ1n) is 6.81. The van der Waals surface area contributed by atoms with E-state index in [-0.39, 0.29) is 5.82 Å². The van der Waals surface area contributed by atoms with Gasteiger partial charge in [-0.2, -0.15) is 0 Å². The van der Waals surface area contributed by atoms with Gasteiger partial charge in [0.2, 0.25) is 0 Å². The second-order valence-electron chi connectivity index (χ2n) is 5.11. The van der Waals surface area contributed by atoms with Gasteiger partial charge in [-0.25, -0.2) is 4.39 Å². The number of halogens is 2. The van der Waals surface area contributed by atoms with Gasteiger partial charge in [0.15, 0.2) is 0 Å². The van der Waals surface area contributed by atoms with E-state index in [1.165, 1.54) is 10.9 Å². The first kappa shape index (κ1) is 15.7. The van der Waals surface area contributed by atoms with Crippen LogP contribution in [0.3, 0.4) is 0 Å². The van der Waals surface area contributed by atoms with Crippen LogP contribution in [-0.2, 0) is 0 Å². The summed E-state index contributed by atoms with van der Waals surface area (Å²) < 4.78 is 14.8. The van der Waals surface area contributed by atoms with Crippen molar-refractivity contribution < 1.29 is 4.39 Å². The van der Waals surface area contributed by atoms with Crippen molar-refractivity contribution in [2.75, 3.05) is 6.54 Å². The number of rotatable bonds is 5. The van der Waals surface area contributed by atoms with E-state index in [1.54, 1.807) is 17.4 Å². The Balaban J connectivity index is 2.34. The molecule has 0 saturated heterocycles. The van der Waals surface area contributed by atoms with Crippen LogP contribution < -0.4 is 5.32 Å². The summed E-state index contributed by atoms with van der Waals surface area (Å²) in [4.78, 5) is 2.23. The lowest BCUT2D eigenvalue weighted by Gasteiger charge is -2.20. The molecule has 2 rings (SSSR count). The summed E-state index contributed by atoms with van der Waals surface area (Å²) in [7, 11) is 0. The lowest BCUT2D eigenvalue weighted by molar-refractivity contribution is 0.428. The lowest BCUT2D eigenvalue weighted by Crippen LogP contribution is -2.24. The summed E-state index contributed by atoms with van der Waals surface area (Å²) in [6, 6.07) is 9.51. The smallest absolute Gasteiger partial charge is 0.131 e. The van der Waals surface area contributed by atoms with Crippen molar-refractivity contribution in [1.82, 2.24) is 5.32 Å². The number of thiophene rings is 1. The molecule has 1 atom stereocenters. The molecule has 1 aromatic carbocycles. The highest BCUT2D eigenvalue weighted by Crippen LogP contribution is 2.36. The average molecular weight is 356 g/mol. The molecule has 2 aromatic rings. The van der Waals surface area contributed by atoms with Crippen LogP contribution in [-0.4, -0.2) is 6.54 Å². The van der Waals surface area contributed by atoms with Gasteiger partial charge in [0.05, 0.1) is 0 Å². The Hall–Kier alpha value is -0.710. The summed E-state index contributed by atoms with van der Waals surface area (Å²) in [5.41, 5.74) is 0.662. The second-order valence-corrected chi connectivity index (χ2v) is 7.14. The third-order valence-corrected chi connectivity index (χ3v) is 4.91. The van der Waals surface area contributed by atoms with Gasteiger partial charge in [-0.15, -0.1) is 11.3 Å². The predicted molar refractivity (Wildman–Crippen MR) is 88.7 cm³/mol. The van der Waals surface area contributed by atoms with E-state index < -0.39 is 0 Å². The van der Waals surface area contributed by atoms with Crippen LogP contribution in [0.4, 0.5) is 4.39 Å². The van der Waals surface area contributed by atoms with Gasteiger partial charge < -0.3 is 5.32 Å². The van der Waals surface area contributed by atoms with Gasteiger partial charge in [-0.1, -0.05) is 36.7 Å². The van der Waals surface area contributed by atoms with Crippen molar-refractivity contribution >= 4 is 27.3 Å². The van der Waals surface area contributed by atoms with E-state index in [1.807, 2.05) is 12.1 Å². The molecular weight excluding hydrogens is 337 g/mol. The molecule has 0 aliphatic carbocycles. The summed E-state index contributed by atoms with van der Waals surface area (Å²) >= 11 is 5.06. The molecule has 0 saturated carbocycles. The molecule has 1 nitrogen and oxygen atoms in total. The predicted octanol–water partition coefficient (Wildman–Crippen LogP) is 5.62. The SMILES string of the molecule is CCNC(c1ccc(-c2cc(Br)ccc2F)s1)C(C)C. The highest BCUT2D eigenvalue weighted by atomic mass is 79.9. The monoisotopic (exact) mass is 355 g/mol. The molecule has 1 aromatic heterocycles. The van der Waals surface area contributed by atoms with Gasteiger partial charge >= 0.3 is 0 Å². The summed E-state index contributed by atoms with van der Waals surface area (Å²) in [6.45, 7) is 7.44. The van der Waals surface area contributed by atoms with Crippen molar-refractivity contribution in [3.05, 3.63) is 45.5 Å². The van der Waals surface area contributed by atoms with E-state index in [0.717, 1.165) is 15.9 Å². The fourth-order valence-corrected chi connectivity index (χ4v) is 3.87. The molecule has 4 heteroatoms. The third-order valence-electron chi connectivity index (χ3n) is 3.22. The van der Waals surface area contributed by atoms with Crippen LogP contribution in [0.5, 0.6) is 0 Å². The second kappa shape index (κ2) is 6.83. The normalized spacial score (nSPS) is 12.9. The lowest BCUT2D eigenvalue weighted by atomic mass is 10.0. The molecule has 1 heterocycles. The number of hydrogen-bond acceptors (Lipinski definition) is 2. The van der Waals surface area contributed by atoms with Crippen LogP contribution in [0.15, 0.2) is 34.8 Å². The molecule has 0 amide bonds. The maximum atomic E-state index is 13.9. The largest absolute Gasteiger partial charge is 0.309 e. The van der Waals surface area contributed by atoms with Crippen molar-refractivity contribution in [3.8, 4) is 10.4 Å². The highest BCUT2D eigenvalue weighted by Gasteiger charge is 2.18. The Morgan fingerprint density at radius 3 is 2.65 bits per heavy atom. The Morgan fingerprint density at radius 2 is 2.00 bits per heavy atom. The number of benzene rings is 1. The molecule has 1 unspecified atom stereocenters. The quantitative estimate of drug-likeness (QED) is 0.733. The molecule has 108 valence electrons. The van der Waals surface area contributed by atoms with Gasteiger partial charge in [0, 0.05) is 25.8 Å². The first-order chi connectivity index (χ1) is 9.52. The Labute approximate surface area is 132 Å². The van der Waals surface area contributed by atoms with E-state index in [2.05, 4.69) is 48.1 Å². The standard InChI is InChI=1S/C16H19BrFNS/c1-4-19-16(10(2)3)15-8-7-14(20-15)12-9-11(17)5-6-13(12)18/h5-10,16,19H,4H2,1-3H3. The summed E-state index contributed by atoms with van der Waals surface area (Å²) in [5.74, 6) is 0.333. The van der Waals surface area contributed by atoms with Gasteiger partial charge in [-0.3, -0.25) is 0 Å². The zero-order valence-corrected chi connectivity index (χ0v) is 14.3. The molecule has 0 spiro atoms. The zero-order chi connectivity index (χ0) is 14.7. The third kappa shape index (κ3) is 3.48. The Morgan fingerprint density at radius 1 is 1.25 bits per heavy atom. The van der Waals surface area contributed by atoms with Crippen LogP contribution >= 0.6 is 27.3 Å². The minimum Gasteiger partial charge on any atom is -0.309 e. The van der Waals surface area contributed by atoms with Gasteiger partial charge in [0.1, 0.15) is 5.82 Å². The van der Waals surface area contributed by atoms with Crippen molar-refractivity contribution in [2.45, 2.75) is 26.8 Å². The summed E-state index contributed by atoms with van der Waals surface area (Å²) in [5, 5.41) is 3.50. The molecule has 0 aliphatic rings. The van der Waals surface area contributed by atoms with Crippen LogP contribution in [0, 0.1) is 11.7 Å². The van der Waals surface area contributed by atoms with Crippen molar-refractivity contribution in [3.63, 3.8) is 0 Å². The maximum Gasteiger partial charge on any atom is 0.131 e. The fourth-order valence-electron chi connectivity index (χ4n) is 2.24.